The molecule has 2 aliphatic rings. The van der Waals surface area contributed by atoms with Gasteiger partial charge in [0.25, 0.3) is 5.91 Å². The van der Waals surface area contributed by atoms with E-state index < -0.39 is 5.54 Å². The van der Waals surface area contributed by atoms with Gasteiger partial charge in [-0.2, -0.15) is 11.8 Å². The normalized spacial score (nSPS) is 24.8. The van der Waals surface area contributed by atoms with Gasteiger partial charge in [0.2, 0.25) is 0 Å². The quantitative estimate of drug-likeness (QED) is 0.757. The molecule has 6 nitrogen and oxygen atoms in total. The Morgan fingerprint density at radius 2 is 2.12 bits per heavy atom. The van der Waals surface area contributed by atoms with Crippen molar-refractivity contribution >= 4 is 23.7 Å². The minimum Gasteiger partial charge on any atom is -0.319 e. The maximum Gasteiger partial charge on any atom is 0.325 e. The van der Waals surface area contributed by atoms with Crippen molar-refractivity contribution in [2.45, 2.75) is 37.5 Å². The molecule has 3 heterocycles. The molecule has 3 amide bonds. The van der Waals surface area contributed by atoms with Crippen molar-refractivity contribution in [2.75, 3.05) is 25.4 Å². The number of thioether (sulfide) groups is 1. The summed E-state index contributed by atoms with van der Waals surface area (Å²) in [5.74, 6) is 0.713. The van der Waals surface area contributed by atoms with Gasteiger partial charge in [-0.05, 0) is 43.2 Å². The first-order chi connectivity index (χ1) is 12.1. The van der Waals surface area contributed by atoms with E-state index in [-0.39, 0.29) is 17.9 Å². The lowest BCUT2D eigenvalue weighted by Crippen LogP contribution is -2.53. The van der Waals surface area contributed by atoms with Gasteiger partial charge >= 0.3 is 6.03 Å². The topological polar surface area (TPSA) is 74.3 Å². The van der Waals surface area contributed by atoms with E-state index in [1.165, 1.54) is 4.90 Å². The summed E-state index contributed by atoms with van der Waals surface area (Å²) >= 11 is 1.76. The third kappa shape index (κ3) is 3.53. The van der Waals surface area contributed by atoms with Gasteiger partial charge < -0.3 is 10.6 Å². The fraction of sp³-hybridized carbons (Fsp3) is 0.611. The Hall–Kier alpha value is -1.60. The molecule has 1 aromatic heterocycles. The summed E-state index contributed by atoms with van der Waals surface area (Å²) in [6.07, 6.45) is 5.12. The number of piperidine rings is 1. The van der Waals surface area contributed by atoms with Crippen LogP contribution in [0.15, 0.2) is 24.5 Å². The number of pyridine rings is 1. The van der Waals surface area contributed by atoms with Gasteiger partial charge in [0.1, 0.15) is 0 Å². The molecule has 2 N–H and O–H groups in total. The van der Waals surface area contributed by atoms with Crippen LogP contribution in [0.5, 0.6) is 0 Å². The highest BCUT2D eigenvalue weighted by molar-refractivity contribution is 7.99. The number of amides is 3. The Bertz CT molecular complexity index is 619. The molecule has 0 unspecified atom stereocenters. The van der Waals surface area contributed by atoms with E-state index in [2.05, 4.69) is 29.5 Å². The van der Waals surface area contributed by atoms with Crippen molar-refractivity contribution in [3.63, 3.8) is 0 Å². The molecule has 2 saturated heterocycles. The van der Waals surface area contributed by atoms with Crippen LogP contribution < -0.4 is 10.6 Å². The zero-order valence-electron chi connectivity index (χ0n) is 14.8. The number of carbonyl (C=O) groups is 2. The van der Waals surface area contributed by atoms with E-state index in [0.29, 0.717) is 11.8 Å². The van der Waals surface area contributed by atoms with Crippen LogP contribution in [-0.2, 0) is 10.3 Å². The van der Waals surface area contributed by atoms with Crippen molar-refractivity contribution in [3.05, 3.63) is 30.1 Å². The van der Waals surface area contributed by atoms with Crippen LogP contribution in [0.4, 0.5) is 4.79 Å². The summed E-state index contributed by atoms with van der Waals surface area (Å²) in [6, 6.07) is 3.45. The number of urea groups is 1. The first-order valence-corrected chi connectivity index (χ1v) is 9.97. The largest absolute Gasteiger partial charge is 0.325 e. The molecule has 2 fully saturated rings. The fourth-order valence-electron chi connectivity index (χ4n) is 3.74. The van der Waals surface area contributed by atoms with E-state index in [1.54, 1.807) is 24.2 Å². The Labute approximate surface area is 153 Å². The van der Waals surface area contributed by atoms with Crippen molar-refractivity contribution in [2.24, 2.45) is 5.92 Å². The van der Waals surface area contributed by atoms with E-state index in [0.717, 1.165) is 37.2 Å². The number of hydrogen-bond donors (Lipinski definition) is 2. The average molecular weight is 362 g/mol. The van der Waals surface area contributed by atoms with Crippen LogP contribution in [0.1, 0.15) is 32.3 Å². The van der Waals surface area contributed by atoms with Gasteiger partial charge in [-0.25, -0.2) is 4.79 Å². The minimum absolute atomic E-state index is 0.0807. The van der Waals surface area contributed by atoms with Gasteiger partial charge in [-0.3, -0.25) is 14.7 Å². The standard InChI is InChI=1S/C18H26N4O2S/c1-13(2)25-11-10-22-16(23)18(21-17(22)24,14-5-8-19-9-6-14)15-4-3-7-20-12-15/h3-4,7,12-14,19H,5-6,8-11H2,1-2H3,(H,21,24)/t18-/m1/s1. The van der Waals surface area contributed by atoms with Gasteiger partial charge in [-0.1, -0.05) is 19.9 Å². The Morgan fingerprint density at radius 3 is 2.76 bits per heavy atom. The molecule has 25 heavy (non-hydrogen) atoms. The Balaban J connectivity index is 1.90. The van der Waals surface area contributed by atoms with Crippen LogP contribution in [0.3, 0.4) is 0 Å². The predicted octanol–water partition coefficient (Wildman–Crippen LogP) is 1.97. The van der Waals surface area contributed by atoms with E-state index in [4.69, 9.17) is 0 Å². The van der Waals surface area contributed by atoms with Crippen LogP contribution in [0.2, 0.25) is 0 Å². The highest BCUT2D eigenvalue weighted by Crippen LogP contribution is 2.40. The summed E-state index contributed by atoms with van der Waals surface area (Å²) < 4.78 is 0. The molecule has 0 spiro atoms. The second-order valence-corrected chi connectivity index (χ2v) is 8.56. The molecule has 136 valence electrons. The van der Waals surface area contributed by atoms with Crippen molar-refractivity contribution < 1.29 is 9.59 Å². The molecule has 0 saturated carbocycles. The number of aromatic nitrogens is 1. The van der Waals surface area contributed by atoms with Gasteiger partial charge in [0.15, 0.2) is 5.54 Å². The lowest BCUT2D eigenvalue weighted by atomic mass is 9.74. The lowest BCUT2D eigenvalue weighted by Gasteiger charge is -2.37. The summed E-state index contributed by atoms with van der Waals surface area (Å²) in [6.45, 7) is 6.40. The first kappa shape index (κ1) is 18.2. The molecular weight excluding hydrogens is 336 g/mol. The SMILES string of the molecule is CC(C)SCCN1C(=O)N[C@@](c2cccnc2)(C2CCNCC2)C1=O. The van der Waals surface area contributed by atoms with Crippen molar-refractivity contribution in [1.82, 2.24) is 20.5 Å². The maximum atomic E-state index is 13.4. The molecule has 7 heteroatoms. The van der Waals surface area contributed by atoms with Crippen molar-refractivity contribution in [1.29, 1.82) is 0 Å². The smallest absolute Gasteiger partial charge is 0.319 e. The van der Waals surface area contributed by atoms with E-state index in [1.807, 2.05) is 12.1 Å². The Kier molecular flexibility index (Phi) is 5.64. The van der Waals surface area contributed by atoms with Crippen LogP contribution in [0.25, 0.3) is 0 Å². The minimum atomic E-state index is -0.976. The number of carbonyl (C=O) groups excluding carboxylic acids is 2. The molecule has 1 aromatic rings. The summed E-state index contributed by atoms with van der Waals surface area (Å²) in [5.41, 5.74) is -0.185. The number of nitrogens with zero attached hydrogens (tertiary/aromatic N) is 2. The first-order valence-electron chi connectivity index (χ1n) is 8.92. The van der Waals surface area contributed by atoms with Crippen LogP contribution >= 0.6 is 11.8 Å². The average Bonchev–Trinajstić information content (AvgIpc) is 2.88. The van der Waals surface area contributed by atoms with Gasteiger partial charge in [0, 0.05) is 30.3 Å². The molecule has 2 aliphatic heterocycles. The molecule has 1 atom stereocenters. The molecule has 0 aromatic carbocycles. The van der Waals surface area contributed by atoms with E-state index in [9.17, 15) is 9.59 Å². The Morgan fingerprint density at radius 1 is 1.36 bits per heavy atom. The monoisotopic (exact) mass is 362 g/mol. The molecule has 3 rings (SSSR count). The predicted molar refractivity (Wildman–Crippen MR) is 99.3 cm³/mol. The summed E-state index contributed by atoms with van der Waals surface area (Å²) in [7, 11) is 0. The number of nitrogens with one attached hydrogen (secondary N) is 2. The number of hydrogen-bond acceptors (Lipinski definition) is 5. The summed E-state index contributed by atoms with van der Waals surface area (Å²) in [4.78, 5) is 31.6. The number of rotatable bonds is 6. The van der Waals surface area contributed by atoms with E-state index >= 15 is 0 Å². The summed E-state index contributed by atoms with van der Waals surface area (Å²) in [5, 5.41) is 6.87. The molecular formula is C18H26N4O2S. The van der Waals surface area contributed by atoms with Crippen LogP contribution in [-0.4, -0.2) is 52.5 Å². The number of imide groups is 1. The molecule has 0 aliphatic carbocycles. The second kappa shape index (κ2) is 7.74. The zero-order chi connectivity index (χ0) is 17.9. The maximum absolute atomic E-state index is 13.4. The second-order valence-electron chi connectivity index (χ2n) is 6.88. The highest BCUT2D eigenvalue weighted by Gasteiger charge is 2.56. The van der Waals surface area contributed by atoms with Crippen LogP contribution in [0, 0.1) is 5.92 Å². The fourth-order valence-corrected chi connectivity index (χ4v) is 4.50. The molecule has 0 radical (unpaired) electrons. The zero-order valence-corrected chi connectivity index (χ0v) is 15.6. The third-order valence-corrected chi connectivity index (χ3v) is 6.05. The lowest BCUT2D eigenvalue weighted by molar-refractivity contribution is -0.134. The molecule has 0 bridgehead atoms. The van der Waals surface area contributed by atoms with Gasteiger partial charge in [0.05, 0.1) is 0 Å². The highest BCUT2D eigenvalue weighted by atomic mass is 32.2. The van der Waals surface area contributed by atoms with Crippen molar-refractivity contribution in [3.8, 4) is 0 Å². The third-order valence-electron chi connectivity index (χ3n) is 4.97. The van der Waals surface area contributed by atoms with Gasteiger partial charge in [-0.15, -0.1) is 0 Å².